The third kappa shape index (κ3) is 6.14. The topological polar surface area (TPSA) is 110 Å². The highest BCUT2D eigenvalue weighted by molar-refractivity contribution is 7.91. The number of carbonyl (C=O) groups is 3. The van der Waals surface area contributed by atoms with E-state index in [2.05, 4.69) is 5.32 Å². The van der Waals surface area contributed by atoms with Gasteiger partial charge in [0.15, 0.2) is 16.4 Å². The number of carbonyl (C=O) groups excluding carboxylic acids is 3. The molecule has 9 heteroatoms. The third-order valence-electron chi connectivity index (χ3n) is 3.53. The van der Waals surface area contributed by atoms with Crippen LogP contribution in [0.1, 0.15) is 30.6 Å². The van der Waals surface area contributed by atoms with Crippen molar-refractivity contribution in [2.75, 3.05) is 32.5 Å². The summed E-state index contributed by atoms with van der Waals surface area (Å²) in [5, 5.41) is 2.63. The fourth-order valence-corrected chi connectivity index (χ4v) is 3.08. The van der Waals surface area contributed by atoms with Crippen molar-refractivity contribution in [3.8, 4) is 0 Å². The Balaban J connectivity index is 2.70. The van der Waals surface area contributed by atoms with E-state index in [1.807, 2.05) is 6.92 Å². The number of esters is 1. The molecule has 0 saturated carbocycles. The number of benzene rings is 1. The molecule has 0 spiro atoms. The van der Waals surface area contributed by atoms with Crippen LogP contribution < -0.4 is 5.32 Å². The van der Waals surface area contributed by atoms with Gasteiger partial charge >= 0.3 is 5.97 Å². The number of likely N-dealkylation sites (N-methyl/N-ethyl adjacent to an activating group) is 1. The molecule has 0 aliphatic rings. The zero-order valence-corrected chi connectivity index (χ0v) is 16.0. The zero-order valence-electron chi connectivity index (χ0n) is 15.1. The third-order valence-corrected chi connectivity index (χ3v) is 5.31. The van der Waals surface area contributed by atoms with Crippen molar-refractivity contribution in [1.29, 1.82) is 0 Å². The van der Waals surface area contributed by atoms with Crippen molar-refractivity contribution in [1.82, 2.24) is 10.2 Å². The number of rotatable bonds is 9. The van der Waals surface area contributed by atoms with Gasteiger partial charge in [0.2, 0.25) is 5.91 Å². The molecule has 26 heavy (non-hydrogen) atoms. The maximum absolute atomic E-state index is 12.2. The van der Waals surface area contributed by atoms with Crippen LogP contribution in [0.3, 0.4) is 0 Å². The van der Waals surface area contributed by atoms with Crippen molar-refractivity contribution in [3.63, 3.8) is 0 Å². The Labute approximate surface area is 153 Å². The first-order valence-corrected chi connectivity index (χ1v) is 9.87. The Morgan fingerprint density at radius 1 is 1.15 bits per heavy atom. The molecule has 0 aliphatic heterocycles. The summed E-state index contributed by atoms with van der Waals surface area (Å²) in [6, 6.07) is 5.67. The summed E-state index contributed by atoms with van der Waals surface area (Å²) in [7, 11) is -2.19. The predicted molar refractivity (Wildman–Crippen MR) is 95.4 cm³/mol. The molecule has 1 N–H and O–H groups in total. The Morgan fingerprint density at radius 3 is 2.42 bits per heavy atom. The van der Waals surface area contributed by atoms with Gasteiger partial charge in [-0.1, -0.05) is 26.0 Å². The lowest BCUT2D eigenvalue weighted by atomic mass is 10.2. The van der Waals surface area contributed by atoms with Gasteiger partial charge in [-0.3, -0.25) is 9.59 Å². The van der Waals surface area contributed by atoms with E-state index in [0.29, 0.717) is 6.54 Å². The quantitative estimate of drug-likeness (QED) is 0.625. The van der Waals surface area contributed by atoms with E-state index in [-0.39, 0.29) is 28.7 Å². The van der Waals surface area contributed by atoms with Crippen LogP contribution in [0.4, 0.5) is 0 Å². The number of nitrogens with zero attached hydrogens (tertiary/aromatic N) is 1. The molecule has 1 aromatic rings. The minimum absolute atomic E-state index is 0.120. The summed E-state index contributed by atoms with van der Waals surface area (Å²) in [6.07, 6.45) is 0.779. The van der Waals surface area contributed by atoms with Crippen LogP contribution in [0.5, 0.6) is 0 Å². The zero-order chi connectivity index (χ0) is 19.7. The lowest BCUT2D eigenvalue weighted by Crippen LogP contribution is -2.40. The van der Waals surface area contributed by atoms with Crippen LogP contribution in [0.15, 0.2) is 29.2 Å². The molecule has 144 valence electrons. The van der Waals surface area contributed by atoms with E-state index in [9.17, 15) is 22.8 Å². The van der Waals surface area contributed by atoms with E-state index >= 15 is 0 Å². The molecule has 8 nitrogen and oxygen atoms in total. The SMILES string of the molecule is CCCNC(=O)CN(C)C(=O)COC(=O)c1ccccc1S(=O)(=O)CC. The van der Waals surface area contributed by atoms with Gasteiger partial charge in [0.25, 0.3) is 5.91 Å². The highest BCUT2D eigenvalue weighted by Crippen LogP contribution is 2.18. The van der Waals surface area contributed by atoms with Gasteiger partial charge in [-0.25, -0.2) is 13.2 Å². The molecule has 2 amide bonds. The molecule has 0 atom stereocenters. The van der Waals surface area contributed by atoms with Crippen LogP contribution >= 0.6 is 0 Å². The summed E-state index contributed by atoms with van der Waals surface area (Å²) < 4.78 is 29.0. The van der Waals surface area contributed by atoms with Crippen molar-refractivity contribution in [3.05, 3.63) is 29.8 Å². The van der Waals surface area contributed by atoms with E-state index in [1.54, 1.807) is 0 Å². The van der Waals surface area contributed by atoms with Crippen molar-refractivity contribution >= 4 is 27.6 Å². The molecule has 1 rings (SSSR count). The van der Waals surface area contributed by atoms with E-state index in [4.69, 9.17) is 4.74 Å². The molecule has 0 aromatic heterocycles. The second-order valence-corrected chi connectivity index (χ2v) is 7.82. The van der Waals surface area contributed by atoms with E-state index in [1.165, 1.54) is 38.2 Å². The average molecular weight is 384 g/mol. The Kier molecular flexibility index (Phi) is 8.24. The standard InChI is InChI=1S/C17H24N2O6S/c1-4-10-18-15(20)11-19(3)16(21)12-25-17(22)13-8-6-7-9-14(13)26(23,24)5-2/h6-9H,4-5,10-12H2,1-3H3,(H,18,20). The largest absolute Gasteiger partial charge is 0.452 e. The summed E-state index contributed by atoms with van der Waals surface area (Å²) in [5.41, 5.74) is -0.120. The monoisotopic (exact) mass is 384 g/mol. The fourth-order valence-electron chi connectivity index (χ4n) is 2.00. The molecule has 0 heterocycles. The number of nitrogens with one attached hydrogen (secondary N) is 1. The normalized spacial score (nSPS) is 10.9. The Hall–Kier alpha value is -2.42. The number of hydrogen-bond donors (Lipinski definition) is 1. The number of ether oxygens (including phenoxy) is 1. The van der Waals surface area contributed by atoms with Gasteiger partial charge in [0.05, 0.1) is 22.8 Å². The number of hydrogen-bond acceptors (Lipinski definition) is 6. The van der Waals surface area contributed by atoms with Crippen LogP contribution in [-0.2, 0) is 24.2 Å². The molecular formula is C17H24N2O6S. The summed E-state index contributed by atoms with van der Waals surface area (Å²) in [5.74, 6) is -1.95. The molecule has 0 radical (unpaired) electrons. The molecule has 0 unspecified atom stereocenters. The molecule has 0 fully saturated rings. The minimum Gasteiger partial charge on any atom is -0.452 e. The minimum atomic E-state index is -3.60. The van der Waals surface area contributed by atoms with Gasteiger partial charge in [0.1, 0.15) is 0 Å². The molecule has 0 bridgehead atoms. The molecule has 0 aliphatic carbocycles. The molecule has 0 saturated heterocycles. The van der Waals surface area contributed by atoms with Crippen LogP contribution in [0.25, 0.3) is 0 Å². The predicted octanol–water partition coefficient (Wildman–Crippen LogP) is 0.622. The number of sulfone groups is 1. The summed E-state index contributed by atoms with van der Waals surface area (Å²) in [6.45, 7) is 3.15. The van der Waals surface area contributed by atoms with Crippen LogP contribution in [0.2, 0.25) is 0 Å². The van der Waals surface area contributed by atoms with Gasteiger partial charge in [-0.05, 0) is 18.6 Å². The fraction of sp³-hybridized carbons (Fsp3) is 0.471. The number of amides is 2. The molecule has 1 aromatic carbocycles. The van der Waals surface area contributed by atoms with Gasteiger partial charge in [0, 0.05) is 13.6 Å². The maximum Gasteiger partial charge on any atom is 0.339 e. The first-order valence-electron chi connectivity index (χ1n) is 8.22. The van der Waals surface area contributed by atoms with Crippen LogP contribution in [-0.4, -0.2) is 63.6 Å². The average Bonchev–Trinajstić information content (AvgIpc) is 2.63. The second-order valence-electron chi connectivity index (χ2n) is 5.58. The Morgan fingerprint density at radius 2 is 1.81 bits per heavy atom. The second kappa shape index (κ2) is 9.91. The first kappa shape index (κ1) is 21.6. The van der Waals surface area contributed by atoms with Gasteiger partial charge in [-0.15, -0.1) is 0 Å². The van der Waals surface area contributed by atoms with E-state index in [0.717, 1.165) is 11.3 Å². The van der Waals surface area contributed by atoms with Crippen molar-refractivity contribution < 1.29 is 27.5 Å². The highest BCUT2D eigenvalue weighted by atomic mass is 32.2. The van der Waals surface area contributed by atoms with E-state index < -0.39 is 28.3 Å². The lowest BCUT2D eigenvalue weighted by molar-refractivity contribution is -0.137. The lowest BCUT2D eigenvalue weighted by Gasteiger charge is -2.17. The van der Waals surface area contributed by atoms with Crippen molar-refractivity contribution in [2.45, 2.75) is 25.2 Å². The van der Waals surface area contributed by atoms with Crippen LogP contribution in [0, 0.1) is 0 Å². The highest BCUT2D eigenvalue weighted by Gasteiger charge is 2.22. The smallest absolute Gasteiger partial charge is 0.339 e. The van der Waals surface area contributed by atoms with Gasteiger partial charge < -0.3 is 15.0 Å². The van der Waals surface area contributed by atoms with Crippen molar-refractivity contribution in [2.24, 2.45) is 0 Å². The molecular weight excluding hydrogens is 360 g/mol. The first-order chi connectivity index (χ1) is 12.2. The summed E-state index contributed by atoms with van der Waals surface area (Å²) in [4.78, 5) is 36.7. The maximum atomic E-state index is 12.2. The van der Waals surface area contributed by atoms with Gasteiger partial charge in [-0.2, -0.15) is 0 Å². The summed E-state index contributed by atoms with van der Waals surface area (Å²) >= 11 is 0. The Bertz CT molecular complexity index is 760.